The summed E-state index contributed by atoms with van der Waals surface area (Å²) in [4.78, 5) is 82.8. The van der Waals surface area contributed by atoms with Crippen LogP contribution in [0.1, 0.15) is 147 Å². The van der Waals surface area contributed by atoms with Crippen LogP contribution in [-0.2, 0) is 89.7 Å². The maximum atomic E-state index is 12.9. The molecule has 0 atom stereocenters. The molecule has 0 aliphatic carbocycles. The van der Waals surface area contributed by atoms with E-state index in [4.69, 9.17) is 34.7 Å². The maximum Gasteiger partial charge on any atom is 2.00 e. The summed E-state index contributed by atoms with van der Waals surface area (Å²) in [6.07, 6.45) is 18.1. The molecule has 0 unspecified atom stereocenters. The fraction of sp³-hybridized carbons (Fsp3) is 0.172. The van der Waals surface area contributed by atoms with Crippen molar-refractivity contribution in [3.8, 4) is 136 Å². The number of carbonyl (C=O) groups excluding carboxylic acids is 4. The van der Waals surface area contributed by atoms with Crippen LogP contribution in [0.25, 0.3) is 154 Å². The van der Waals surface area contributed by atoms with Gasteiger partial charge in [-0.2, -0.15) is 36.7 Å². The van der Waals surface area contributed by atoms with Crippen molar-refractivity contribution in [1.82, 2.24) is 60.3 Å². The van der Waals surface area contributed by atoms with E-state index in [0.717, 1.165) is 98.7 Å². The van der Waals surface area contributed by atoms with Gasteiger partial charge in [0.15, 0.2) is 0 Å². The van der Waals surface area contributed by atoms with Crippen LogP contribution < -0.4 is 29.1 Å². The van der Waals surface area contributed by atoms with E-state index in [1.165, 1.54) is 146 Å². The molecule has 0 N–H and O–H groups in total. The Morgan fingerprint density at radius 1 is 0.340 bits per heavy atom. The summed E-state index contributed by atoms with van der Waals surface area (Å²) in [6.45, 7) is 7.96. The zero-order valence-corrected chi connectivity index (χ0v) is 87.4. The second-order valence-electron chi connectivity index (χ2n) is 33.3. The molecule has 22 nitrogen and oxygen atoms in total. The number of halogens is 6. The topological polar surface area (TPSA) is 307 Å². The number of thiocarbonyl (C=S) groups is 2. The van der Waals surface area contributed by atoms with Crippen LogP contribution in [0.2, 0.25) is 0 Å². The minimum atomic E-state index is -4.51. The summed E-state index contributed by atoms with van der Waals surface area (Å²) < 4.78 is 97.0. The predicted molar refractivity (Wildman–Crippen MR) is 574 cm³/mol. The van der Waals surface area contributed by atoms with Gasteiger partial charge in [0.1, 0.15) is 34.4 Å². The smallest absolute Gasteiger partial charge is 0.753 e. The summed E-state index contributed by atoms with van der Waals surface area (Å²) in [5.74, 6) is 14.2. The van der Waals surface area contributed by atoms with Crippen LogP contribution >= 0.6 is 47.1 Å². The average molecular weight is 2250 g/mol. The Morgan fingerprint density at radius 2 is 0.700 bits per heavy atom. The van der Waals surface area contributed by atoms with Gasteiger partial charge >= 0.3 is 51.3 Å². The average Bonchev–Trinajstić information content (AvgIpc) is 0.854. The molecule has 7 aromatic carbocycles. The van der Waals surface area contributed by atoms with Gasteiger partial charge < -0.3 is 50.2 Å². The number of alkyl halides is 6. The molecule has 150 heavy (non-hydrogen) atoms. The predicted octanol–water partition coefficient (Wildman–Crippen LogP) is 28.5. The van der Waals surface area contributed by atoms with E-state index in [1.807, 2.05) is 66.7 Å². The van der Waals surface area contributed by atoms with Crippen LogP contribution in [0.3, 0.4) is 0 Å². The molecule has 0 spiro atoms. The number of carbonyl (C=O) groups is 4. The second kappa shape index (κ2) is 56.4. The number of nitrogens with zero attached hydrogens (tertiary/aromatic N) is 14. The van der Waals surface area contributed by atoms with E-state index in [-0.39, 0.29) is 61.8 Å². The first-order chi connectivity index (χ1) is 72.1. The first kappa shape index (κ1) is 113. The van der Waals surface area contributed by atoms with E-state index in [2.05, 4.69) is 239 Å². The number of unbranched alkanes of at least 4 members (excludes halogenated alkanes) is 9. The number of rotatable bonds is 31. The molecule has 0 radical (unpaired) electrons. The second-order valence-corrected chi connectivity index (χ2v) is 35.7. The molecule has 12 heterocycles. The largest absolute Gasteiger partial charge is 2.00 e. The standard InChI is InChI=1S/C37H21N3O4.C33H19N3O4.C25H31F3N3S.C19H19F3N3S.2CNS.2Ru/c41-22-43-26-14-16-39-35(19-26)37-21-27(44-23-42)20-36(40-37)34-18-25(13-15-38-34)10-9-24-11-12-32-30-7-2-1-5-28(30)29-6-3-4-8-31(29)33(32)17-24;37-20-39-28-10-12-35-31(17-28)33-19-29(40-21-38)18-32(36-33)30-14-23(9-11-34-30)6-5-22-7-8-26-15-24-3-1-2-4-25(24)16-27(26)13-22;1-3-5-7-9-11-18-15-20(12-10-8-6-4-2)32-24(18)19-13-14-29-21(16-19)22-17-23(31-30-22)25(26,27)28;1-2-3-4-5-6-13-8-10-26-18(13)14-7-9-23-15(11-14)16-12-17(25-24-16)19(20,21)22;2*2-1-3;;/h1-8,11-23H;1-4,7-21H;13-17H,3-12H2,1-2H3;7-12H,2-6H2,1H3;;;;/q;;4*-1;2*+2. The Labute approximate surface area is 904 Å². The molecule has 754 valence electrons. The molecular weight excluding hydrogens is 2160 g/mol. The molecule has 0 bridgehead atoms. The number of aromatic nitrogens is 12. The fourth-order valence-electron chi connectivity index (χ4n) is 16.3. The van der Waals surface area contributed by atoms with Crippen LogP contribution in [0, 0.1) is 23.7 Å². The third-order valence-electron chi connectivity index (χ3n) is 23.2. The summed E-state index contributed by atoms with van der Waals surface area (Å²) in [6, 6.07) is 75.7. The number of fused-ring (bicyclic) bond motifs is 8. The maximum absolute atomic E-state index is 12.9. The molecule has 0 amide bonds. The van der Waals surface area contributed by atoms with Gasteiger partial charge in [-0.25, -0.2) is 9.97 Å². The van der Waals surface area contributed by atoms with Gasteiger partial charge in [-0.15, -0.1) is 22.7 Å². The Balaban J connectivity index is 0.000000176. The number of thiophene rings is 2. The minimum absolute atomic E-state index is 0. The van der Waals surface area contributed by atoms with Gasteiger partial charge in [0.25, 0.3) is 25.9 Å². The summed E-state index contributed by atoms with van der Waals surface area (Å²) in [5, 5.41) is 44.7. The molecular formula is C116H90F6N14O8Ru2S4. The van der Waals surface area contributed by atoms with Crippen molar-refractivity contribution in [3.63, 3.8) is 0 Å². The molecule has 12 aromatic heterocycles. The minimum Gasteiger partial charge on any atom is -0.753 e. The van der Waals surface area contributed by atoms with E-state index < -0.39 is 23.7 Å². The molecule has 0 saturated heterocycles. The molecule has 19 rings (SSSR count). The van der Waals surface area contributed by atoms with Crippen molar-refractivity contribution in [2.24, 2.45) is 0 Å². The Morgan fingerprint density at radius 3 is 1.15 bits per heavy atom. The third-order valence-corrected chi connectivity index (χ3v) is 25.5. The van der Waals surface area contributed by atoms with Crippen LogP contribution in [-0.4, -0.2) is 86.3 Å². The molecule has 0 saturated carbocycles. The number of isothiocyanates is 2. The number of pyridine rings is 8. The number of aryl methyl sites for hydroxylation is 3. The van der Waals surface area contributed by atoms with Crippen LogP contribution in [0.15, 0.2) is 285 Å². The fourth-order valence-corrected chi connectivity index (χ4v) is 18.5. The summed E-state index contributed by atoms with van der Waals surface area (Å²) in [5.41, 5.74) is 10.6. The monoisotopic (exact) mass is 2250 g/mol. The van der Waals surface area contributed by atoms with E-state index >= 15 is 0 Å². The van der Waals surface area contributed by atoms with Gasteiger partial charge in [0, 0.05) is 110 Å². The van der Waals surface area contributed by atoms with Crippen molar-refractivity contribution in [3.05, 3.63) is 346 Å². The van der Waals surface area contributed by atoms with Gasteiger partial charge in [0.05, 0.1) is 56.9 Å². The summed E-state index contributed by atoms with van der Waals surface area (Å²) in [7, 11) is 0. The van der Waals surface area contributed by atoms with Crippen molar-refractivity contribution in [2.45, 2.75) is 129 Å². The van der Waals surface area contributed by atoms with Gasteiger partial charge in [0.2, 0.25) is 0 Å². The quantitative estimate of drug-likeness (QED) is 0.00448. The zero-order valence-electron chi connectivity index (χ0n) is 80.7. The van der Waals surface area contributed by atoms with Gasteiger partial charge in [-0.3, -0.25) is 49.1 Å². The van der Waals surface area contributed by atoms with Crippen molar-refractivity contribution >= 4 is 137 Å². The summed E-state index contributed by atoms with van der Waals surface area (Å²) >= 11 is 10.8. The van der Waals surface area contributed by atoms with Crippen molar-refractivity contribution < 1.29 is 103 Å². The molecule has 0 aliphatic heterocycles. The van der Waals surface area contributed by atoms with E-state index in [0.29, 0.717) is 94.3 Å². The first-order valence-electron chi connectivity index (χ1n) is 47.0. The van der Waals surface area contributed by atoms with Crippen molar-refractivity contribution in [2.75, 3.05) is 0 Å². The third kappa shape index (κ3) is 31.0. The first-order valence-corrected chi connectivity index (χ1v) is 49.5. The van der Waals surface area contributed by atoms with Gasteiger partial charge in [-0.05, 0) is 241 Å². The van der Waals surface area contributed by atoms with Crippen LogP contribution in [0.4, 0.5) is 26.3 Å². The number of benzene rings is 7. The Hall–Kier alpha value is -15.7. The molecule has 0 aliphatic rings. The van der Waals surface area contributed by atoms with Gasteiger partial charge in [-0.1, -0.05) is 223 Å². The number of ether oxygens (including phenoxy) is 4. The molecule has 0 fully saturated rings. The van der Waals surface area contributed by atoms with Crippen LogP contribution in [0.5, 0.6) is 23.0 Å². The zero-order chi connectivity index (χ0) is 104. The SMILES string of the molecule is CCCCCCc1cc(CCCCCC)c(-c2ccnc(-c3cc(C(F)(F)F)n[n-]3)c2)s1.CCCCCCc1ccsc1-c1ccnc(-c2cc(C(F)(F)F)n[n-]2)c1.O=COc1ccnc(-c2cc(OC=O)cc(-c3cc(C#Cc4ccc5c6ccccc6c6ccccc6c5c4)ccn3)n2)c1.O=COc1ccnc(-c2cc(OC=O)cc(-c3cc(C#Cc4ccc5cc6ccccc6cc5c4)ccn3)n2)c1.[N-]=C=S.[N-]=C=S.[Ru+2].[Ru+2]. The molecule has 34 heteroatoms. The van der Waals surface area contributed by atoms with Crippen molar-refractivity contribution in [1.29, 1.82) is 0 Å². The van der Waals surface area contributed by atoms with E-state index in [9.17, 15) is 45.5 Å². The number of hydrogen-bond acceptors (Lipinski definition) is 22. The Kier molecular flexibility index (Phi) is 42.5. The molecule has 19 aromatic rings. The number of hydrogen-bond donors (Lipinski definition) is 0. The normalized spacial score (nSPS) is 10.6. The Bertz CT molecular complexity index is 8080. The van der Waals surface area contributed by atoms with E-state index in [1.54, 1.807) is 102 Å².